The second-order valence-corrected chi connectivity index (χ2v) is 11.1. The number of aromatic nitrogens is 2. The first-order valence-corrected chi connectivity index (χ1v) is 13.7. The summed E-state index contributed by atoms with van der Waals surface area (Å²) in [4.78, 5) is 25.2. The number of nitrogens with one attached hydrogen (secondary N) is 2. The Labute approximate surface area is 215 Å². The minimum atomic E-state index is -0.00929. The molecular formula is C27H32ClN5OS. The van der Waals surface area contributed by atoms with Crippen molar-refractivity contribution < 1.29 is 4.79 Å². The molecule has 5 rings (SSSR count). The maximum absolute atomic E-state index is 12.7. The number of amides is 1. The van der Waals surface area contributed by atoms with Gasteiger partial charge < -0.3 is 10.6 Å². The zero-order valence-corrected chi connectivity index (χ0v) is 21.5. The number of carbonyl (C=O) groups excluding carboxylic acids is 1. The highest BCUT2D eigenvalue weighted by Gasteiger charge is 2.25. The van der Waals surface area contributed by atoms with Gasteiger partial charge >= 0.3 is 0 Å². The maximum Gasteiger partial charge on any atom is 0.252 e. The van der Waals surface area contributed by atoms with E-state index in [1.165, 1.54) is 32.4 Å². The van der Waals surface area contributed by atoms with Crippen LogP contribution in [0.25, 0.3) is 20.7 Å². The quantitative estimate of drug-likeness (QED) is 0.259. The van der Waals surface area contributed by atoms with E-state index in [0.717, 1.165) is 53.2 Å². The van der Waals surface area contributed by atoms with Crippen LogP contribution in [0.5, 0.6) is 0 Å². The van der Waals surface area contributed by atoms with Gasteiger partial charge in [0.15, 0.2) is 0 Å². The van der Waals surface area contributed by atoms with Crippen LogP contribution in [-0.2, 0) is 0 Å². The van der Waals surface area contributed by atoms with Crippen LogP contribution in [0, 0.1) is 5.92 Å². The Hall–Kier alpha value is -2.48. The van der Waals surface area contributed by atoms with Crippen LogP contribution in [-0.4, -0.2) is 53.0 Å². The van der Waals surface area contributed by atoms with Gasteiger partial charge in [0.25, 0.3) is 5.91 Å². The molecule has 1 aliphatic carbocycles. The normalized spacial score (nSPS) is 16.9. The predicted molar refractivity (Wildman–Crippen MR) is 145 cm³/mol. The Kier molecular flexibility index (Phi) is 7.66. The van der Waals surface area contributed by atoms with E-state index in [1.807, 2.05) is 30.3 Å². The van der Waals surface area contributed by atoms with Crippen LogP contribution in [0.4, 0.5) is 5.95 Å². The number of nitrogens with zero attached hydrogens (tertiary/aromatic N) is 3. The molecule has 1 aromatic carbocycles. The third-order valence-electron chi connectivity index (χ3n) is 6.86. The molecule has 184 valence electrons. The van der Waals surface area contributed by atoms with Gasteiger partial charge in [0.05, 0.1) is 16.1 Å². The molecule has 3 heterocycles. The summed E-state index contributed by atoms with van der Waals surface area (Å²) in [5.74, 6) is 1.38. The summed E-state index contributed by atoms with van der Waals surface area (Å²) in [7, 11) is 0. The monoisotopic (exact) mass is 509 g/mol. The number of piperidine rings is 1. The molecule has 0 bridgehead atoms. The van der Waals surface area contributed by atoms with Crippen LogP contribution >= 0.6 is 22.9 Å². The fourth-order valence-electron chi connectivity index (χ4n) is 4.72. The summed E-state index contributed by atoms with van der Waals surface area (Å²) in [5, 5.41) is 7.92. The molecule has 0 unspecified atom stereocenters. The average molecular weight is 510 g/mol. The van der Waals surface area contributed by atoms with Gasteiger partial charge in [-0.25, -0.2) is 9.97 Å². The predicted octanol–water partition coefficient (Wildman–Crippen LogP) is 5.99. The Morgan fingerprint density at radius 2 is 2.09 bits per heavy atom. The third kappa shape index (κ3) is 6.02. The molecule has 2 N–H and O–H groups in total. The number of hydrogen-bond donors (Lipinski definition) is 2. The fourth-order valence-corrected chi connectivity index (χ4v) is 6.06. The molecule has 0 atom stereocenters. The maximum atomic E-state index is 12.7. The number of halogens is 1. The van der Waals surface area contributed by atoms with E-state index in [-0.39, 0.29) is 5.91 Å². The molecule has 3 aromatic rings. The average Bonchev–Trinajstić information content (AvgIpc) is 3.57. The smallest absolute Gasteiger partial charge is 0.252 e. The standard InChI is InChI=1S/C27H32ClN5OS/c1-2-13-33-14-10-18(11-15-33)5-4-12-29-27-30-17-22(28)25(32-27)24-16-21-20(6-3-7-23(21)35-24)26(34)31-19-8-9-19/h2-3,6-7,16-19H,1,4-5,8-15H2,(H,31,34)(H,29,30,32). The Balaban J connectivity index is 1.21. The number of likely N-dealkylation sites (tertiary alicyclic amines) is 1. The molecule has 1 saturated carbocycles. The molecule has 8 heteroatoms. The van der Waals surface area contributed by atoms with E-state index >= 15 is 0 Å². The number of fused-ring (bicyclic) bond motifs is 1. The van der Waals surface area contributed by atoms with Gasteiger partial charge in [-0.2, -0.15) is 0 Å². The highest BCUT2D eigenvalue weighted by atomic mass is 35.5. The summed E-state index contributed by atoms with van der Waals surface area (Å²) in [6.07, 6.45) is 10.6. The van der Waals surface area contributed by atoms with Crippen molar-refractivity contribution in [1.82, 2.24) is 20.2 Å². The molecule has 35 heavy (non-hydrogen) atoms. The van der Waals surface area contributed by atoms with E-state index in [0.29, 0.717) is 28.3 Å². The summed E-state index contributed by atoms with van der Waals surface area (Å²) < 4.78 is 1.05. The minimum absolute atomic E-state index is 0.00929. The van der Waals surface area contributed by atoms with Crippen molar-refractivity contribution in [3.63, 3.8) is 0 Å². The first-order valence-electron chi connectivity index (χ1n) is 12.5. The zero-order valence-electron chi connectivity index (χ0n) is 19.9. The number of rotatable bonds is 10. The number of benzene rings is 1. The van der Waals surface area contributed by atoms with Gasteiger partial charge in [0.2, 0.25) is 5.95 Å². The Morgan fingerprint density at radius 3 is 2.86 bits per heavy atom. The summed E-state index contributed by atoms with van der Waals surface area (Å²) in [6, 6.07) is 8.20. The molecule has 1 amide bonds. The molecule has 0 spiro atoms. The topological polar surface area (TPSA) is 70.2 Å². The minimum Gasteiger partial charge on any atom is -0.354 e. The van der Waals surface area contributed by atoms with Gasteiger partial charge in [-0.1, -0.05) is 23.7 Å². The lowest BCUT2D eigenvalue weighted by Gasteiger charge is -2.31. The Bertz CT molecular complexity index is 1200. The van der Waals surface area contributed by atoms with E-state index in [2.05, 4.69) is 27.1 Å². The van der Waals surface area contributed by atoms with Crippen LogP contribution < -0.4 is 10.6 Å². The largest absolute Gasteiger partial charge is 0.354 e. The summed E-state index contributed by atoms with van der Waals surface area (Å²) in [6.45, 7) is 8.03. The zero-order chi connectivity index (χ0) is 24.2. The van der Waals surface area contributed by atoms with Crippen molar-refractivity contribution in [2.75, 3.05) is 31.5 Å². The van der Waals surface area contributed by atoms with E-state index in [4.69, 9.17) is 16.6 Å². The van der Waals surface area contributed by atoms with Crippen molar-refractivity contribution in [2.24, 2.45) is 5.92 Å². The number of hydrogen-bond acceptors (Lipinski definition) is 6. The Morgan fingerprint density at radius 1 is 1.26 bits per heavy atom. The number of thiophene rings is 1. The number of anilines is 1. The molecule has 1 saturated heterocycles. The second-order valence-electron chi connectivity index (χ2n) is 9.57. The van der Waals surface area contributed by atoms with Gasteiger partial charge in [0, 0.05) is 34.8 Å². The van der Waals surface area contributed by atoms with Crippen LogP contribution in [0.3, 0.4) is 0 Å². The number of carbonyl (C=O) groups is 1. The van der Waals surface area contributed by atoms with Crippen LogP contribution in [0.1, 0.15) is 48.9 Å². The molecule has 2 aliphatic rings. The van der Waals surface area contributed by atoms with Crippen LogP contribution in [0.15, 0.2) is 43.1 Å². The molecule has 6 nitrogen and oxygen atoms in total. The molecule has 0 radical (unpaired) electrons. The van der Waals surface area contributed by atoms with Gasteiger partial charge in [-0.3, -0.25) is 9.69 Å². The van der Waals surface area contributed by atoms with Crippen molar-refractivity contribution >= 4 is 44.9 Å². The van der Waals surface area contributed by atoms with Crippen molar-refractivity contribution in [2.45, 2.75) is 44.6 Å². The summed E-state index contributed by atoms with van der Waals surface area (Å²) in [5.41, 5.74) is 1.41. The van der Waals surface area contributed by atoms with E-state index in [1.54, 1.807) is 17.5 Å². The third-order valence-corrected chi connectivity index (χ3v) is 8.25. The van der Waals surface area contributed by atoms with Crippen molar-refractivity contribution in [3.8, 4) is 10.6 Å². The second kappa shape index (κ2) is 11.1. The lowest BCUT2D eigenvalue weighted by atomic mass is 9.92. The summed E-state index contributed by atoms with van der Waals surface area (Å²) >= 11 is 8.10. The molecule has 1 aliphatic heterocycles. The highest BCUT2D eigenvalue weighted by molar-refractivity contribution is 7.22. The fraction of sp³-hybridized carbons (Fsp3) is 0.444. The highest BCUT2D eigenvalue weighted by Crippen LogP contribution is 2.37. The van der Waals surface area contributed by atoms with Gasteiger partial charge in [-0.15, -0.1) is 17.9 Å². The van der Waals surface area contributed by atoms with E-state index < -0.39 is 0 Å². The first kappa shape index (κ1) is 24.2. The van der Waals surface area contributed by atoms with Gasteiger partial charge in [-0.05, 0) is 75.7 Å². The first-order chi connectivity index (χ1) is 17.1. The van der Waals surface area contributed by atoms with Crippen LogP contribution in [0.2, 0.25) is 5.02 Å². The van der Waals surface area contributed by atoms with E-state index in [9.17, 15) is 4.79 Å². The molecule has 2 fully saturated rings. The lowest BCUT2D eigenvalue weighted by molar-refractivity contribution is 0.0953. The molecule has 2 aromatic heterocycles. The lowest BCUT2D eigenvalue weighted by Crippen LogP contribution is -2.33. The molecular weight excluding hydrogens is 478 g/mol. The SMILES string of the molecule is C=CCN1CCC(CCCNc2ncc(Cl)c(-c3cc4c(C(=O)NC5CC5)cccc4s3)n2)CC1. The van der Waals surface area contributed by atoms with Crippen molar-refractivity contribution in [3.05, 3.63) is 53.7 Å². The van der Waals surface area contributed by atoms with Crippen molar-refractivity contribution in [1.29, 1.82) is 0 Å². The van der Waals surface area contributed by atoms with Gasteiger partial charge in [0.1, 0.15) is 5.69 Å².